The molecule has 0 spiro atoms. The zero-order valence-electron chi connectivity index (χ0n) is 26.3. The minimum absolute atomic E-state index is 0.378. The zero-order valence-corrected chi connectivity index (χ0v) is 26.3. The van der Waals surface area contributed by atoms with Crippen molar-refractivity contribution in [3.63, 3.8) is 0 Å². The van der Waals surface area contributed by atoms with Crippen LogP contribution in [0.5, 0.6) is 11.5 Å². The summed E-state index contributed by atoms with van der Waals surface area (Å²) in [5.74, 6) is 2.06. The molecule has 0 unspecified atom stereocenters. The highest BCUT2D eigenvalue weighted by Gasteiger charge is 2.22. The summed E-state index contributed by atoms with van der Waals surface area (Å²) in [6, 6.07) is 23.7. The highest BCUT2D eigenvalue weighted by atomic mass is 16.5. The highest BCUT2D eigenvalue weighted by Crippen LogP contribution is 2.38. The van der Waals surface area contributed by atoms with Gasteiger partial charge >= 0.3 is 11.9 Å². The first kappa shape index (κ1) is 33.0. The Morgan fingerprint density at radius 2 is 1.34 bits per heavy atom. The monoisotopic (exact) mass is 596 g/mol. The second-order valence-corrected chi connectivity index (χ2v) is 11.9. The van der Waals surface area contributed by atoms with E-state index in [1.165, 1.54) is 63.0 Å². The van der Waals surface area contributed by atoms with Gasteiger partial charge in [-0.3, -0.25) is 0 Å². The molecule has 234 valence electrons. The van der Waals surface area contributed by atoms with E-state index in [4.69, 9.17) is 14.2 Å². The van der Waals surface area contributed by atoms with Gasteiger partial charge in [0.2, 0.25) is 0 Å². The lowest BCUT2D eigenvalue weighted by Crippen LogP contribution is -2.13. The second kappa shape index (κ2) is 18.1. The number of esters is 2. The van der Waals surface area contributed by atoms with E-state index in [2.05, 4.69) is 37.8 Å². The van der Waals surface area contributed by atoms with Crippen molar-refractivity contribution in [2.75, 3.05) is 13.2 Å². The fraction of sp³-hybridized carbons (Fsp3) is 0.436. The summed E-state index contributed by atoms with van der Waals surface area (Å²) < 4.78 is 16.3. The molecule has 3 aromatic rings. The smallest absolute Gasteiger partial charge is 0.343 e. The maximum atomic E-state index is 12.8. The van der Waals surface area contributed by atoms with Crippen LogP contribution in [0.3, 0.4) is 0 Å². The van der Waals surface area contributed by atoms with Crippen molar-refractivity contribution >= 4 is 11.9 Å². The molecule has 0 radical (unpaired) electrons. The van der Waals surface area contributed by atoms with E-state index in [1.54, 1.807) is 12.1 Å². The Morgan fingerprint density at radius 1 is 0.727 bits per heavy atom. The van der Waals surface area contributed by atoms with E-state index in [-0.39, 0.29) is 11.9 Å². The SMILES string of the molecule is C=CC(=O)OCCCCCCOc1ccc(OC(=O)c2ccc(-c3ccc(C4CCC(CCCCC)CC4)cc3)cc2)cc1. The summed E-state index contributed by atoms with van der Waals surface area (Å²) in [4.78, 5) is 23.8. The fourth-order valence-corrected chi connectivity index (χ4v) is 5.96. The van der Waals surface area contributed by atoms with Crippen molar-refractivity contribution in [1.82, 2.24) is 0 Å². The predicted molar refractivity (Wildman–Crippen MR) is 177 cm³/mol. The molecule has 1 aliphatic rings. The Bertz CT molecular complexity index is 1290. The van der Waals surface area contributed by atoms with Crippen LogP contribution < -0.4 is 9.47 Å². The largest absolute Gasteiger partial charge is 0.494 e. The number of hydrogen-bond donors (Lipinski definition) is 0. The van der Waals surface area contributed by atoms with E-state index in [0.29, 0.717) is 30.4 Å². The minimum atomic E-state index is -0.385. The van der Waals surface area contributed by atoms with E-state index < -0.39 is 0 Å². The van der Waals surface area contributed by atoms with Gasteiger partial charge in [0.15, 0.2) is 0 Å². The molecule has 1 fully saturated rings. The van der Waals surface area contributed by atoms with E-state index in [1.807, 2.05) is 36.4 Å². The van der Waals surface area contributed by atoms with Gasteiger partial charge < -0.3 is 14.2 Å². The van der Waals surface area contributed by atoms with Crippen LogP contribution in [0.1, 0.15) is 106 Å². The lowest BCUT2D eigenvalue weighted by atomic mass is 9.77. The van der Waals surface area contributed by atoms with Crippen molar-refractivity contribution in [3.8, 4) is 22.6 Å². The van der Waals surface area contributed by atoms with Crippen LogP contribution in [0.15, 0.2) is 85.5 Å². The molecular weight excluding hydrogens is 548 g/mol. The number of benzene rings is 3. The van der Waals surface area contributed by atoms with E-state index >= 15 is 0 Å². The van der Waals surface area contributed by atoms with Crippen molar-refractivity contribution in [1.29, 1.82) is 0 Å². The number of unbranched alkanes of at least 4 members (excludes halogenated alkanes) is 5. The summed E-state index contributed by atoms with van der Waals surface area (Å²) in [7, 11) is 0. The van der Waals surface area contributed by atoms with Gasteiger partial charge in [-0.15, -0.1) is 0 Å². The maximum absolute atomic E-state index is 12.8. The first-order chi connectivity index (χ1) is 21.6. The van der Waals surface area contributed by atoms with Crippen molar-refractivity contribution < 1.29 is 23.8 Å². The number of carbonyl (C=O) groups is 2. The van der Waals surface area contributed by atoms with Gasteiger partial charge in [-0.05, 0) is 116 Å². The van der Waals surface area contributed by atoms with Gasteiger partial charge in [0.25, 0.3) is 0 Å². The second-order valence-electron chi connectivity index (χ2n) is 11.9. The Kier molecular flexibility index (Phi) is 13.6. The Morgan fingerprint density at radius 3 is 1.98 bits per heavy atom. The fourth-order valence-electron chi connectivity index (χ4n) is 5.96. The molecule has 0 amide bonds. The minimum Gasteiger partial charge on any atom is -0.494 e. The van der Waals surface area contributed by atoms with E-state index in [9.17, 15) is 9.59 Å². The van der Waals surface area contributed by atoms with Gasteiger partial charge in [-0.25, -0.2) is 9.59 Å². The summed E-state index contributed by atoms with van der Waals surface area (Å²) >= 11 is 0. The summed E-state index contributed by atoms with van der Waals surface area (Å²) in [6.07, 6.45) is 15.7. The van der Waals surface area contributed by atoms with Crippen molar-refractivity contribution in [2.24, 2.45) is 5.92 Å². The van der Waals surface area contributed by atoms with Crippen LogP contribution in [0, 0.1) is 5.92 Å². The molecule has 0 N–H and O–H groups in total. The molecule has 0 aliphatic heterocycles. The molecule has 4 rings (SSSR count). The molecule has 3 aromatic carbocycles. The lowest BCUT2D eigenvalue weighted by Gasteiger charge is -2.29. The van der Waals surface area contributed by atoms with Gasteiger partial charge in [0, 0.05) is 6.08 Å². The normalized spacial score (nSPS) is 16.2. The number of rotatable bonds is 17. The Hall–Kier alpha value is -3.86. The predicted octanol–water partition coefficient (Wildman–Crippen LogP) is 10.1. The third-order valence-corrected chi connectivity index (χ3v) is 8.65. The van der Waals surface area contributed by atoms with Crippen LogP contribution in [-0.2, 0) is 9.53 Å². The van der Waals surface area contributed by atoms with Crippen LogP contribution in [0.4, 0.5) is 0 Å². The molecule has 0 bridgehead atoms. The Balaban J connectivity index is 1.17. The number of ether oxygens (including phenoxy) is 3. The first-order valence-electron chi connectivity index (χ1n) is 16.5. The van der Waals surface area contributed by atoms with Crippen LogP contribution >= 0.6 is 0 Å². The van der Waals surface area contributed by atoms with Crippen LogP contribution in [0.25, 0.3) is 11.1 Å². The van der Waals surface area contributed by atoms with Gasteiger partial charge in [-0.2, -0.15) is 0 Å². The van der Waals surface area contributed by atoms with E-state index in [0.717, 1.165) is 48.5 Å². The third-order valence-electron chi connectivity index (χ3n) is 8.65. The highest BCUT2D eigenvalue weighted by molar-refractivity contribution is 5.91. The standard InChI is InChI=1S/C39H48O5/c1-3-5-8-11-30-12-14-31(15-13-30)32-16-18-33(19-17-32)34-20-22-35(23-21-34)39(41)44-37-26-24-36(25-27-37)42-28-9-6-7-10-29-43-38(40)4-2/h4,16-27,30-31H,2-3,5-15,28-29H2,1H3. The topological polar surface area (TPSA) is 61.8 Å². The quantitative estimate of drug-likeness (QED) is 0.0671. The molecule has 5 heteroatoms. The third kappa shape index (κ3) is 10.7. The van der Waals surface area contributed by atoms with Gasteiger partial charge in [0.05, 0.1) is 18.8 Å². The molecule has 0 heterocycles. The van der Waals surface area contributed by atoms with Crippen molar-refractivity contribution in [3.05, 3.63) is 96.6 Å². The van der Waals surface area contributed by atoms with Crippen LogP contribution in [-0.4, -0.2) is 25.2 Å². The molecular formula is C39H48O5. The average Bonchev–Trinajstić information content (AvgIpc) is 3.07. The molecule has 0 aromatic heterocycles. The average molecular weight is 597 g/mol. The molecule has 0 saturated heterocycles. The summed E-state index contributed by atoms with van der Waals surface area (Å²) in [6.45, 7) is 6.68. The molecule has 44 heavy (non-hydrogen) atoms. The Labute approximate surface area is 263 Å². The zero-order chi connectivity index (χ0) is 31.0. The number of hydrogen-bond acceptors (Lipinski definition) is 5. The molecule has 1 saturated carbocycles. The lowest BCUT2D eigenvalue weighted by molar-refractivity contribution is -0.137. The number of carbonyl (C=O) groups excluding carboxylic acids is 2. The van der Waals surface area contributed by atoms with Gasteiger partial charge in [0.1, 0.15) is 11.5 Å². The molecule has 0 atom stereocenters. The van der Waals surface area contributed by atoms with Crippen LogP contribution in [0.2, 0.25) is 0 Å². The molecule has 1 aliphatic carbocycles. The maximum Gasteiger partial charge on any atom is 0.343 e. The summed E-state index contributed by atoms with van der Waals surface area (Å²) in [5.41, 5.74) is 4.22. The summed E-state index contributed by atoms with van der Waals surface area (Å²) in [5, 5.41) is 0. The first-order valence-corrected chi connectivity index (χ1v) is 16.5. The van der Waals surface area contributed by atoms with Crippen molar-refractivity contribution in [2.45, 2.75) is 89.9 Å². The van der Waals surface area contributed by atoms with Gasteiger partial charge in [-0.1, -0.05) is 75.6 Å². The molecule has 5 nitrogen and oxygen atoms in total.